The summed E-state index contributed by atoms with van der Waals surface area (Å²) in [6.07, 6.45) is 0. The minimum atomic E-state index is -3.72. The molecule has 0 amide bonds. The van der Waals surface area contributed by atoms with Gasteiger partial charge in [0.2, 0.25) is 0 Å². The summed E-state index contributed by atoms with van der Waals surface area (Å²) in [5, 5.41) is 0.602. The van der Waals surface area contributed by atoms with E-state index < -0.39 is 15.9 Å². The highest BCUT2D eigenvalue weighted by molar-refractivity contribution is 7.92. The fraction of sp³-hybridized carbons (Fsp3) is 0.269. The van der Waals surface area contributed by atoms with E-state index in [1.165, 1.54) is 11.4 Å². The zero-order valence-electron chi connectivity index (χ0n) is 19.4. The first-order valence-corrected chi connectivity index (χ1v) is 12.5. The summed E-state index contributed by atoms with van der Waals surface area (Å²) in [6, 6.07) is 18.6. The molecule has 33 heavy (non-hydrogen) atoms. The number of sulfonamides is 1. The average Bonchev–Trinajstić information content (AvgIpc) is 2.77. The molecule has 7 heteroatoms. The summed E-state index contributed by atoms with van der Waals surface area (Å²) < 4.78 is 32.9. The number of hydrogen-bond acceptors (Lipinski definition) is 4. The summed E-state index contributed by atoms with van der Waals surface area (Å²) in [6.45, 7) is 7.73. The highest BCUT2D eigenvalue weighted by Gasteiger charge is 2.27. The van der Waals surface area contributed by atoms with Gasteiger partial charge in [0.1, 0.15) is 5.75 Å². The van der Waals surface area contributed by atoms with Crippen molar-refractivity contribution in [3.63, 3.8) is 0 Å². The minimum Gasteiger partial charge on any atom is -0.426 e. The molecule has 3 aromatic carbocycles. The van der Waals surface area contributed by atoms with Gasteiger partial charge in [-0.15, -0.1) is 0 Å². The van der Waals surface area contributed by atoms with Crippen LogP contribution in [0.3, 0.4) is 0 Å². The maximum absolute atomic E-state index is 13.0. The molecule has 0 saturated heterocycles. The van der Waals surface area contributed by atoms with E-state index >= 15 is 0 Å². The standard InChI is InChI=1S/C26H28ClNO4S/c1-17(2)25(20-7-9-21(27)10-8-20)26(29)32-23-13-11-22(12-14-23)28(5)33(30,31)24-15-6-18(3)19(4)16-24/h6-17,25H,1-5H3/t25-/m1/s1. The first-order chi connectivity index (χ1) is 15.5. The van der Waals surface area contributed by atoms with Crippen molar-refractivity contribution in [3.05, 3.63) is 88.4 Å². The lowest BCUT2D eigenvalue weighted by molar-refractivity contribution is -0.137. The summed E-state index contributed by atoms with van der Waals surface area (Å²) >= 11 is 5.97. The Morgan fingerprint density at radius 2 is 1.52 bits per heavy atom. The quantitative estimate of drug-likeness (QED) is 0.298. The van der Waals surface area contributed by atoms with E-state index in [-0.39, 0.29) is 16.8 Å². The smallest absolute Gasteiger partial charge is 0.319 e. The number of anilines is 1. The van der Waals surface area contributed by atoms with Crippen molar-refractivity contribution in [2.24, 2.45) is 5.92 Å². The van der Waals surface area contributed by atoms with Gasteiger partial charge >= 0.3 is 5.97 Å². The number of halogens is 1. The summed E-state index contributed by atoms with van der Waals surface area (Å²) in [5.74, 6) is -0.460. The largest absolute Gasteiger partial charge is 0.426 e. The van der Waals surface area contributed by atoms with Crippen LogP contribution < -0.4 is 9.04 Å². The van der Waals surface area contributed by atoms with E-state index in [0.717, 1.165) is 16.7 Å². The van der Waals surface area contributed by atoms with Gasteiger partial charge in [0, 0.05) is 12.1 Å². The molecule has 0 bridgehead atoms. The number of rotatable bonds is 7. The molecule has 0 aliphatic carbocycles. The van der Waals surface area contributed by atoms with Gasteiger partial charge in [0.25, 0.3) is 10.0 Å². The van der Waals surface area contributed by atoms with Crippen LogP contribution >= 0.6 is 11.6 Å². The molecule has 0 radical (unpaired) electrons. The van der Waals surface area contributed by atoms with Crippen LogP contribution in [0.5, 0.6) is 5.75 Å². The Balaban J connectivity index is 1.78. The number of carbonyl (C=O) groups is 1. The first kappa shape index (κ1) is 24.8. The third-order valence-corrected chi connectivity index (χ3v) is 7.74. The molecule has 0 fully saturated rings. The minimum absolute atomic E-state index is 0.0205. The Kier molecular flexibility index (Phi) is 7.50. The Labute approximate surface area is 201 Å². The van der Waals surface area contributed by atoms with Crippen molar-refractivity contribution >= 4 is 33.3 Å². The van der Waals surface area contributed by atoms with E-state index in [1.54, 1.807) is 54.6 Å². The number of esters is 1. The number of benzene rings is 3. The second-order valence-corrected chi connectivity index (χ2v) is 10.8. The highest BCUT2D eigenvalue weighted by atomic mass is 35.5. The molecule has 0 saturated carbocycles. The second kappa shape index (κ2) is 9.98. The van der Waals surface area contributed by atoms with E-state index in [4.69, 9.17) is 16.3 Å². The van der Waals surface area contributed by atoms with E-state index in [2.05, 4.69) is 0 Å². The van der Waals surface area contributed by atoms with Crippen LogP contribution in [0.15, 0.2) is 71.6 Å². The number of aryl methyl sites for hydroxylation is 2. The summed E-state index contributed by atoms with van der Waals surface area (Å²) in [4.78, 5) is 13.1. The molecule has 0 N–H and O–H groups in total. The van der Waals surface area contributed by atoms with Crippen molar-refractivity contribution in [3.8, 4) is 5.75 Å². The van der Waals surface area contributed by atoms with Crippen LogP contribution in [-0.4, -0.2) is 21.4 Å². The van der Waals surface area contributed by atoms with Gasteiger partial charge in [-0.05, 0) is 85.0 Å². The van der Waals surface area contributed by atoms with Gasteiger partial charge in [-0.1, -0.05) is 43.6 Å². The predicted molar refractivity (Wildman–Crippen MR) is 133 cm³/mol. The Bertz CT molecular complexity index is 1240. The van der Waals surface area contributed by atoms with Crippen LogP contribution in [0.1, 0.15) is 36.5 Å². The number of carbonyl (C=O) groups excluding carboxylic acids is 1. The van der Waals surface area contributed by atoms with Crippen LogP contribution in [0.25, 0.3) is 0 Å². The van der Waals surface area contributed by atoms with Gasteiger partial charge < -0.3 is 4.74 Å². The summed E-state index contributed by atoms with van der Waals surface area (Å²) in [7, 11) is -2.22. The zero-order valence-corrected chi connectivity index (χ0v) is 20.9. The van der Waals surface area contributed by atoms with Crippen molar-refractivity contribution in [1.82, 2.24) is 0 Å². The molecule has 3 rings (SSSR count). The van der Waals surface area contributed by atoms with Crippen LogP contribution in [0.2, 0.25) is 5.02 Å². The van der Waals surface area contributed by atoms with E-state index in [0.29, 0.717) is 16.5 Å². The molecule has 0 heterocycles. The Hall–Kier alpha value is -2.83. The van der Waals surface area contributed by atoms with Crippen molar-refractivity contribution in [2.45, 2.75) is 38.5 Å². The molecule has 0 unspecified atom stereocenters. The highest BCUT2D eigenvalue weighted by Crippen LogP contribution is 2.30. The number of hydrogen-bond donors (Lipinski definition) is 0. The number of ether oxygens (including phenoxy) is 1. The fourth-order valence-electron chi connectivity index (χ4n) is 3.54. The molecule has 0 spiro atoms. The van der Waals surface area contributed by atoms with Gasteiger partial charge in [0.05, 0.1) is 16.5 Å². The number of nitrogens with zero attached hydrogens (tertiary/aromatic N) is 1. The topological polar surface area (TPSA) is 63.7 Å². The fourth-order valence-corrected chi connectivity index (χ4v) is 4.95. The molecular weight excluding hydrogens is 458 g/mol. The molecule has 5 nitrogen and oxygen atoms in total. The molecule has 1 atom stereocenters. The lowest BCUT2D eigenvalue weighted by atomic mass is 9.88. The molecule has 174 valence electrons. The third kappa shape index (κ3) is 5.57. The van der Waals surface area contributed by atoms with Gasteiger partial charge in [-0.2, -0.15) is 0 Å². The molecule has 0 aliphatic rings. The van der Waals surface area contributed by atoms with Crippen LogP contribution in [0.4, 0.5) is 5.69 Å². The van der Waals surface area contributed by atoms with Gasteiger partial charge in [-0.25, -0.2) is 8.42 Å². The van der Waals surface area contributed by atoms with Gasteiger partial charge in [0.15, 0.2) is 0 Å². The lowest BCUT2D eigenvalue weighted by Crippen LogP contribution is -2.26. The Morgan fingerprint density at radius 3 is 2.06 bits per heavy atom. The summed E-state index contributed by atoms with van der Waals surface area (Å²) in [5.41, 5.74) is 3.23. The Morgan fingerprint density at radius 1 is 0.909 bits per heavy atom. The first-order valence-electron chi connectivity index (χ1n) is 10.6. The average molecular weight is 486 g/mol. The van der Waals surface area contributed by atoms with Crippen LogP contribution in [-0.2, 0) is 14.8 Å². The van der Waals surface area contributed by atoms with Crippen LogP contribution in [0, 0.1) is 19.8 Å². The third-order valence-electron chi connectivity index (χ3n) is 5.71. The lowest BCUT2D eigenvalue weighted by Gasteiger charge is -2.21. The molecule has 0 aliphatic heterocycles. The SMILES string of the molecule is Cc1ccc(S(=O)(=O)N(C)c2ccc(OC(=O)[C@@H](c3ccc(Cl)cc3)C(C)C)cc2)cc1C. The van der Waals surface area contributed by atoms with Crippen molar-refractivity contribution in [2.75, 3.05) is 11.4 Å². The molecular formula is C26H28ClNO4S. The van der Waals surface area contributed by atoms with E-state index in [1.807, 2.05) is 39.8 Å². The predicted octanol–water partition coefficient (Wildman–Crippen LogP) is 6.13. The maximum atomic E-state index is 13.0. The van der Waals surface area contributed by atoms with E-state index in [9.17, 15) is 13.2 Å². The molecule has 3 aromatic rings. The second-order valence-electron chi connectivity index (χ2n) is 8.41. The van der Waals surface area contributed by atoms with Crippen molar-refractivity contribution < 1.29 is 17.9 Å². The molecule has 0 aromatic heterocycles. The maximum Gasteiger partial charge on any atom is 0.319 e. The van der Waals surface area contributed by atoms with Crippen molar-refractivity contribution in [1.29, 1.82) is 0 Å². The zero-order chi connectivity index (χ0) is 24.3. The monoisotopic (exact) mass is 485 g/mol. The normalized spacial score (nSPS) is 12.5. The van der Waals surface area contributed by atoms with Gasteiger partial charge in [-0.3, -0.25) is 9.10 Å².